The van der Waals surface area contributed by atoms with E-state index in [2.05, 4.69) is 0 Å². The molecule has 0 aliphatic carbocycles. The minimum Gasteiger partial charge on any atom is -0.330 e. The molecular weight excluding hydrogens is 224 g/mol. The number of unbranched alkanes of at least 4 members (excludes halogenated alkanes) is 1. The average molecular weight is 246 g/mol. The van der Waals surface area contributed by atoms with Gasteiger partial charge in [0.2, 0.25) is 10.0 Å². The highest BCUT2D eigenvalue weighted by Gasteiger charge is 2.50. The zero-order valence-electron chi connectivity index (χ0n) is 9.93. The number of hydrogen-bond acceptors (Lipinski definition) is 3. The van der Waals surface area contributed by atoms with Gasteiger partial charge in [0, 0.05) is 12.1 Å². The maximum Gasteiger partial charge on any atom is 0.214 e. The summed E-state index contributed by atoms with van der Waals surface area (Å²) in [5.74, 6) is 0.712. The predicted molar refractivity (Wildman–Crippen MR) is 64.5 cm³/mol. The summed E-state index contributed by atoms with van der Waals surface area (Å²) in [7, 11) is -3.02. The topological polar surface area (TPSA) is 63.4 Å². The molecule has 2 bridgehead atoms. The Hall–Kier alpha value is -0.130. The fourth-order valence-corrected chi connectivity index (χ4v) is 5.38. The molecule has 3 unspecified atom stereocenters. The van der Waals surface area contributed by atoms with Crippen LogP contribution in [0.15, 0.2) is 0 Å². The SMILES string of the molecule is CCCCS(=O)(=O)N1C2CCC1C(CN)C2. The normalized spacial score (nSPS) is 34.8. The molecule has 2 heterocycles. The van der Waals surface area contributed by atoms with Crippen molar-refractivity contribution in [1.29, 1.82) is 0 Å². The third-order valence-corrected chi connectivity index (χ3v) is 6.00. The Labute approximate surface area is 98.2 Å². The Bertz CT molecular complexity index is 342. The maximum absolute atomic E-state index is 12.2. The minimum atomic E-state index is -3.02. The molecule has 5 heteroatoms. The van der Waals surface area contributed by atoms with Crippen molar-refractivity contribution in [3.8, 4) is 0 Å². The summed E-state index contributed by atoms with van der Waals surface area (Å²) < 4.78 is 26.2. The highest BCUT2D eigenvalue weighted by atomic mass is 32.2. The number of rotatable bonds is 5. The van der Waals surface area contributed by atoms with E-state index in [1.807, 2.05) is 6.92 Å². The zero-order chi connectivity index (χ0) is 11.8. The Balaban J connectivity index is 2.11. The van der Waals surface area contributed by atoms with E-state index in [1.54, 1.807) is 4.31 Å². The summed E-state index contributed by atoms with van der Waals surface area (Å²) in [6, 6.07) is 0.456. The first kappa shape index (κ1) is 12.3. The molecule has 94 valence electrons. The highest BCUT2D eigenvalue weighted by molar-refractivity contribution is 7.89. The standard InChI is InChI=1S/C11H22N2O2S/c1-2-3-6-16(14,15)13-10-4-5-11(13)9(7-10)8-12/h9-11H,2-8,12H2,1H3. The number of sulfonamides is 1. The molecule has 2 N–H and O–H groups in total. The van der Waals surface area contributed by atoms with Crippen molar-refractivity contribution in [2.24, 2.45) is 11.7 Å². The first-order chi connectivity index (χ1) is 7.60. The monoisotopic (exact) mass is 246 g/mol. The minimum absolute atomic E-state index is 0.205. The number of nitrogens with two attached hydrogens (primary N) is 1. The molecule has 3 atom stereocenters. The second-order valence-electron chi connectivity index (χ2n) is 5.03. The van der Waals surface area contributed by atoms with E-state index in [0.29, 0.717) is 18.2 Å². The first-order valence-electron chi connectivity index (χ1n) is 6.31. The molecule has 16 heavy (non-hydrogen) atoms. The average Bonchev–Trinajstić information content (AvgIpc) is 2.83. The summed E-state index contributed by atoms with van der Waals surface area (Å²) in [6.07, 6.45) is 4.73. The molecule has 2 rings (SSSR count). The van der Waals surface area contributed by atoms with Crippen molar-refractivity contribution in [1.82, 2.24) is 4.31 Å². The van der Waals surface area contributed by atoms with Crippen molar-refractivity contribution in [3.63, 3.8) is 0 Å². The summed E-state index contributed by atoms with van der Waals surface area (Å²) in [5, 5.41) is 0. The molecular formula is C11H22N2O2S. The Kier molecular flexibility index (Phi) is 3.56. The van der Waals surface area contributed by atoms with Gasteiger partial charge in [-0.05, 0) is 38.1 Å². The predicted octanol–water partition coefficient (Wildman–Crippen LogP) is 0.928. The van der Waals surface area contributed by atoms with Crippen LogP contribution in [-0.2, 0) is 10.0 Å². The Morgan fingerprint density at radius 2 is 2.12 bits per heavy atom. The second-order valence-corrected chi connectivity index (χ2v) is 7.02. The van der Waals surface area contributed by atoms with Gasteiger partial charge in [0.05, 0.1) is 5.75 Å². The molecule has 0 aromatic heterocycles. The van der Waals surface area contributed by atoms with Crippen molar-refractivity contribution < 1.29 is 8.42 Å². The van der Waals surface area contributed by atoms with Crippen molar-refractivity contribution in [2.75, 3.05) is 12.3 Å². The van der Waals surface area contributed by atoms with Crippen LogP contribution in [0.5, 0.6) is 0 Å². The van der Waals surface area contributed by atoms with E-state index < -0.39 is 10.0 Å². The lowest BCUT2D eigenvalue weighted by Crippen LogP contribution is -2.39. The van der Waals surface area contributed by atoms with Crippen LogP contribution in [-0.4, -0.2) is 37.1 Å². The van der Waals surface area contributed by atoms with Gasteiger partial charge in [-0.3, -0.25) is 0 Å². The third-order valence-electron chi connectivity index (χ3n) is 3.98. The van der Waals surface area contributed by atoms with Gasteiger partial charge in [-0.15, -0.1) is 0 Å². The van der Waals surface area contributed by atoms with Gasteiger partial charge in [0.1, 0.15) is 0 Å². The highest BCUT2D eigenvalue weighted by Crippen LogP contribution is 2.43. The molecule has 0 amide bonds. The number of nitrogens with zero attached hydrogens (tertiary/aromatic N) is 1. The van der Waals surface area contributed by atoms with Crippen LogP contribution in [0.3, 0.4) is 0 Å². The summed E-state index contributed by atoms with van der Waals surface area (Å²) >= 11 is 0. The first-order valence-corrected chi connectivity index (χ1v) is 7.92. The third kappa shape index (κ3) is 2.00. The van der Waals surface area contributed by atoms with Crippen LogP contribution in [0, 0.1) is 5.92 Å². The molecule has 4 nitrogen and oxygen atoms in total. The van der Waals surface area contributed by atoms with Gasteiger partial charge >= 0.3 is 0 Å². The molecule has 0 radical (unpaired) electrons. The molecule has 2 aliphatic heterocycles. The van der Waals surface area contributed by atoms with Gasteiger partial charge < -0.3 is 5.73 Å². The summed E-state index contributed by atoms with van der Waals surface area (Å²) in [6.45, 7) is 2.65. The molecule has 0 spiro atoms. The quantitative estimate of drug-likeness (QED) is 0.785. The van der Waals surface area contributed by atoms with E-state index in [4.69, 9.17) is 5.73 Å². The van der Waals surface area contributed by atoms with Gasteiger partial charge in [-0.1, -0.05) is 13.3 Å². The summed E-state index contributed by atoms with van der Waals surface area (Å²) in [5.41, 5.74) is 5.70. The van der Waals surface area contributed by atoms with Crippen LogP contribution in [0.25, 0.3) is 0 Å². The molecule has 0 aromatic rings. The summed E-state index contributed by atoms with van der Waals surface area (Å²) in [4.78, 5) is 0. The maximum atomic E-state index is 12.2. The molecule has 2 aliphatic rings. The van der Waals surface area contributed by atoms with Gasteiger partial charge in [-0.25, -0.2) is 8.42 Å². The Morgan fingerprint density at radius 1 is 1.38 bits per heavy atom. The van der Waals surface area contributed by atoms with Crippen molar-refractivity contribution >= 4 is 10.0 Å². The van der Waals surface area contributed by atoms with Crippen LogP contribution in [0.1, 0.15) is 39.0 Å². The van der Waals surface area contributed by atoms with E-state index in [-0.39, 0.29) is 12.1 Å². The van der Waals surface area contributed by atoms with E-state index >= 15 is 0 Å². The lowest BCUT2D eigenvalue weighted by atomic mass is 9.89. The van der Waals surface area contributed by atoms with E-state index in [9.17, 15) is 8.42 Å². The van der Waals surface area contributed by atoms with Crippen LogP contribution in [0.2, 0.25) is 0 Å². The van der Waals surface area contributed by atoms with E-state index in [1.165, 1.54) is 0 Å². The second kappa shape index (κ2) is 4.63. The molecule has 2 saturated heterocycles. The lowest BCUT2D eigenvalue weighted by molar-refractivity contribution is 0.360. The van der Waals surface area contributed by atoms with Crippen LogP contribution in [0.4, 0.5) is 0 Å². The van der Waals surface area contributed by atoms with Gasteiger partial charge in [-0.2, -0.15) is 4.31 Å². The number of hydrogen-bond donors (Lipinski definition) is 1. The van der Waals surface area contributed by atoms with Crippen LogP contribution < -0.4 is 5.73 Å². The fraction of sp³-hybridized carbons (Fsp3) is 1.00. The van der Waals surface area contributed by atoms with Crippen LogP contribution >= 0.6 is 0 Å². The van der Waals surface area contributed by atoms with Crippen molar-refractivity contribution in [2.45, 2.75) is 51.1 Å². The largest absolute Gasteiger partial charge is 0.330 e. The lowest BCUT2D eigenvalue weighted by Gasteiger charge is -2.23. The van der Waals surface area contributed by atoms with Gasteiger partial charge in [0.15, 0.2) is 0 Å². The number of fused-ring (bicyclic) bond motifs is 2. The fourth-order valence-electron chi connectivity index (χ4n) is 3.18. The van der Waals surface area contributed by atoms with E-state index in [0.717, 1.165) is 32.1 Å². The van der Waals surface area contributed by atoms with Gasteiger partial charge in [0.25, 0.3) is 0 Å². The molecule has 0 saturated carbocycles. The Morgan fingerprint density at radius 3 is 2.69 bits per heavy atom. The molecule has 0 aromatic carbocycles. The molecule has 2 fully saturated rings. The van der Waals surface area contributed by atoms with Crippen molar-refractivity contribution in [3.05, 3.63) is 0 Å². The zero-order valence-corrected chi connectivity index (χ0v) is 10.7. The smallest absolute Gasteiger partial charge is 0.214 e.